The van der Waals surface area contributed by atoms with Crippen LogP contribution in [-0.4, -0.2) is 34.3 Å². The van der Waals surface area contributed by atoms with Gasteiger partial charge in [0.2, 0.25) is 5.91 Å². The average Bonchev–Trinajstić information content (AvgIpc) is 3.39. The Morgan fingerprint density at radius 1 is 1.09 bits per heavy atom. The smallest absolute Gasteiger partial charge is 0.273 e. The van der Waals surface area contributed by atoms with E-state index in [2.05, 4.69) is 10.3 Å². The molecule has 2 heterocycles. The molecule has 0 spiro atoms. The lowest BCUT2D eigenvalue weighted by Gasteiger charge is -2.33. The SMILES string of the molecule is CCOc1ccccc1[C@@H](C(=O)NC1CCCCC1)N(Cc1cccs1)C(=O)c1ccccn1. The highest BCUT2D eigenvalue weighted by atomic mass is 32.1. The molecule has 34 heavy (non-hydrogen) atoms. The van der Waals surface area contributed by atoms with Gasteiger partial charge in [0.05, 0.1) is 13.2 Å². The van der Waals surface area contributed by atoms with Gasteiger partial charge in [0, 0.05) is 22.7 Å². The summed E-state index contributed by atoms with van der Waals surface area (Å²) in [6.07, 6.45) is 6.94. The number of nitrogens with zero attached hydrogens (tertiary/aromatic N) is 2. The number of pyridine rings is 1. The number of ether oxygens (including phenoxy) is 1. The number of hydrogen-bond donors (Lipinski definition) is 1. The largest absolute Gasteiger partial charge is 0.494 e. The Morgan fingerprint density at radius 3 is 2.59 bits per heavy atom. The van der Waals surface area contributed by atoms with Crippen molar-refractivity contribution in [1.82, 2.24) is 15.2 Å². The van der Waals surface area contributed by atoms with Gasteiger partial charge < -0.3 is 15.0 Å². The molecule has 1 aromatic carbocycles. The Labute approximate surface area is 205 Å². The summed E-state index contributed by atoms with van der Waals surface area (Å²) >= 11 is 1.56. The second-order valence-corrected chi connectivity index (χ2v) is 9.48. The van der Waals surface area contributed by atoms with Crippen LogP contribution in [0.1, 0.15) is 66.0 Å². The number of thiophene rings is 1. The molecule has 1 atom stereocenters. The lowest BCUT2D eigenvalue weighted by atomic mass is 9.94. The molecule has 2 aromatic heterocycles. The first-order valence-corrected chi connectivity index (χ1v) is 12.8. The summed E-state index contributed by atoms with van der Waals surface area (Å²) in [5, 5.41) is 5.22. The Balaban J connectivity index is 1.76. The van der Waals surface area contributed by atoms with Crippen LogP contribution in [0, 0.1) is 0 Å². The third kappa shape index (κ3) is 5.83. The van der Waals surface area contributed by atoms with Crippen molar-refractivity contribution in [1.29, 1.82) is 0 Å². The lowest BCUT2D eigenvalue weighted by molar-refractivity contribution is -0.127. The number of hydrogen-bond acceptors (Lipinski definition) is 5. The van der Waals surface area contributed by atoms with E-state index in [0.29, 0.717) is 30.2 Å². The van der Waals surface area contributed by atoms with Crippen LogP contribution in [-0.2, 0) is 11.3 Å². The number of amides is 2. The zero-order valence-electron chi connectivity index (χ0n) is 19.5. The predicted octanol–water partition coefficient (Wildman–Crippen LogP) is 5.37. The third-order valence-electron chi connectivity index (χ3n) is 6.08. The quantitative estimate of drug-likeness (QED) is 0.449. The number of carbonyl (C=O) groups excluding carboxylic acids is 2. The van der Waals surface area contributed by atoms with E-state index in [0.717, 1.165) is 30.6 Å². The van der Waals surface area contributed by atoms with Gasteiger partial charge in [-0.05, 0) is 49.4 Å². The molecule has 0 aliphatic heterocycles. The van der Waals surface area contributed by atoms with Crippen LogP contribution in [0.25, 0.3) is 0 Å². The van der Waals surface area contributed by atoms with Crippen molar-refractivity contribution in [2.75, 3.05) is 6.61 Å². The summed E-state index contributed by atoms with van der Waals surface area (Å²) in [6.45, 7) is 2.68. The van der Waals surface area contributed by atoms with Gasteiger partial charge in [-0.2, -0.15) is 0 Å². The zero-order valence-corrected chi connectivity index (χ0v) is 20.3. The first-order chi connectivity index (χ1) is 16.7. The Morgan fingerprint density at radius 2 is 1.88 bits per heavy atom. The van der Waals surface area contributed by atoms with Crippen LogP contribution < -0.4 is 10.1 Å². The van der Waals surface area contributed by atoms with E-state index in [1.54, 1.807) is 40.6 Å². The van der Waals surface area contributed by atoms with Crippen LogP contribution in [0.15, 0.2) is 66.2 Å². The number of para-hydroxylation sites is 1. The third-order valence-corrected chi connectivity index (χ3v) is 6.94. The molecule has 0 radical (unpaired) electrons. The Bertz CT molecular complexity index is 1070. The van der Waals surface area contributed by atoms with Gasteiger partial charge in [0.1, 0.15) is 17.5 Å². The van der Waals surface area contributed by atoms with Crippen molar-refractivity contribution < 1.29 is 14.3 Å². The normalized spacial score (nSPS) is 14.9. The van der Waals surface area contributed by atoms with Crippen LogP contribution in [0.4, 0.5) is 0 Å². The van der Waals surface area contributed by atoms with Crippen molar-refractivity contribution in [3.05, 3.63) is 82.3 Å². The highest BCUT2D eigenvalue weighted by molar-refractivity contribution is 7.09. The molecule has 2 amide bonds. The molecule has 1 saturated carbocycles. The topological polar surface area (TPSA) is 71.5 Å². The number of nitrogens with one attached hydrogen (secondary N) is 1. The number of rotatable bonds is 9. The second kappa shape index (κ2) is 11.8. The fraction of sp³-hybridized carbons (Fsp3) is 0.370. The minimum absolute atomic E-state index is 0.122. The number of carbonyl (C=O) groups is 2. The maximum absolute atomic E-state index is 13.9. The van der Waals surface area contributed by atoms with E-state index < -0.39 is 6.04 Å². The molecule has 6 nitrogen and oxygen atoms in total. The lowest BCUT2D eigenvalue weighted by Crippen LogP contribution is -2.47. The molecule has 3 aromatic rings. The van der Waals surface area contributed by atoms with E-state index in [9.17, 15) is 9.59 Å². The number of aromatic nitrogens is 1. The van der Waals surface area contributed by atoms with Crippen molar-refractivity contribution in [2.24, 2.45) is 0 Å². The van der Waals surface area contributed by atoms with Crippen molar-refractivity contribution in [2.45, 2.75) is 57.7 Å². The van der Waals surface area contributed by atoms with Crippen LogP contribution >= 0.6 is 11.3 Å². The van der Waals surface area contributed by atoms with Gasteiger partial charge in [-0.1, -0.05) is 49.6 Å². The van der Waals surface area contributed by atoms with Crippen LogP contribution in [0.2, 0.25) is 0 Å². The second-order valence-electron chi connectivity index (χ2n) is 8.44. The summed E-state index contributed by atoms with van der Waals surface area (Å²) in [7, 11) is 0. The molecule has 1 N–H and O–H groups in total. The van der Waals surface area contributed by atoms with E-state index in [4.69, 9.17) is 4.74 Å². The summed E-state index contributed by atoms with van der Waals surface area (Å²) in [6, 6.07) is 16.0. The fourth-order valence-electron chi connectivity index (χ4n) is 4.46. The van der Waals surface area contributed by atoms with Crippen LogP contribution in [0.3, 0.4) is 0 Å². The molecular formula is C27H31N3O3S. The molecule has 1 fully saturated rings. The maximum atomic E-state index is 13.9. The minimum Gasteiger partial charge on any atom is -0.494 e. The first kappa shape index (κ1) is 24.0. The van der Waals surface area contributed by atoms with Gasteiger partial charge in [-0.15, -0.1) is 11.3 Å². The highest BCUT2D eigenvalue weighted by Crippen LogP contribution is 2.33. The van der Waals surface area contributed by atoms with E-state index >= 15 is 0 Å². The molecule has 0 saturated heterocycles. The van der Waals surface area contributed by atoms with Gasteiger partial charge in [0.25, 0.3) is 5.91 Å². The first-order valence-electron chi connectivity index (χ1n) is 11.9. The molecule has 4 rings (SSSR count). The molecular weight excluding hydrogens is 446 g/mol. The summed E-state index contributed by atoms with van der Waals surface area (Å²) in [4.78, 5) is 34.6. The van der Waals surface area contributed by atoms with E-state index in [1.165, 1.54) is 6.42 Å². The van der Waals surface area contributed by atoms with Crippen molar-refractivity contribution >= 4 is 23.2 Å². The molecule has 0 unspecified atom stereocenters. The van der Waals surface area contributed by atoms with E-state index in [1.807, 2.05) is 48.7 Å². The van der Waals surface area contributed by atoms with Crippen molar-refractivity contribution in [3.63, 3.8) is 0 Å². The zero-order chi connectivity index (χ0) is 23.8. The Hall–Kier alpha value is -3.19. The monoisotopic (exact) mass is 477 g/mol. The maximum Gasteiger partial charge on any atom is 0.273 e. The highest BCUT2D eigenvalue weighted by Gasteiger charge is 2.36. The molecule has 1 aliphatic carbocycles. The van der Waals surface area contributed by atoms with Gasteiger partial charge in [0.15, 0.2) is 0 Å². The summed E-state index contributed by atoms with van der Waals surface area (Å²) in [5.41, 5.74) is 0.988. The summed E-state index contributed by atoms with van der Waals surface area (Å²) < 4.78 is 5.90. The van der Waals surface area contributed by atoms with Crippen molar-refractivity contribution in [3.8, 4) is 5.75 Å². The summed E-state index contributed by atoms with van der Waals surface area (Å²) in [5.74, 6) is 0.141. The predicted molar refractivity (Wildman–Crippen MR) is 134 cm³/mol. The Kier molecular flexibility index (Phi) is 8.31. The fourth-order valence-corrected chi connectivity index (χ4v) is 5.16. The molecule has 7 heteroatoms. The molecule has 1 aliphatic rings. The standard InChI is InChI=1S/C27H31N3O3S/c1-2-33-24-16-7-6-14-22(24)25(26(31)29-20-11-4-3-5-12-20)30(19-21-13-10-18-34-21)27(32)23-15-8-9-17-28-23/h6-10,13-18,20,25H,2-5,11-12,19H2,1H3,(H,29,31)/t25-/m0/s1. The molecule has 178 valence electrons. The van der Waals surface area contributed by atoms with E-state index in [-0.39, 0.29) is 17.9 Å². The van der Waals surface area contributed by atoms with Gasteiger partial charge >= 0.3 is 0 Å². The van der Waals surface area contributed by atoms with Gasteiger partial charge in [-0.3, -0.25) is 14.6 Å². The average molecular weight is 478 g/mol. The van der Waals surface area contributed by atoms with Gasteiger partial charge in [-0.25, -0.2) is 0 Å². The number of benzene rings is 1. The minimum atomic E-state index is -0.846. The molecule has 0 bridgehead atoms. The van der Waals surface area contributed by atoms with Crippen LogP contribution in [0.5, 0.6) is 5.75 Å².